The van der Waals surface area contributed by atoms with Gasteiger partial charge in [-0.05, 0) is 73.1 Å². The lowest BCUT2D eigenvalue weighted by molar-refractivity contribution is 0.0474. The van der Waals surface area contributed by atoms with Gasteiger partial charge in [0, 0.05) is 5.56 Å². The summed E-state index contributed by atoms with van der Waals surface area (Å²) >= 11 is 0. The number of ketones is 1. The van der Waals surface area contributed by atoms with Gasteiger partial charge in [-0.3, -0.25) is 4.79 Å². The van der Waals surface area contributed by atoms with Crippen LogP contribution in [0.3, 0.4) is 0 Å². The van der Waals surface area contributed by atoms with E-state index < -0.39 is 5.97 Å². The molecule has 26 heavy (non-hydrogen) atoms. The molecule has 0 bridgehead atoms. The molecule has 2 aromatic rings. The smallest absolute Gasteiger partial charge is 0.338 e. The Hall–Kier alpha value is -2.42. The molecule has 0 aliphatic rings. The van der Waals surface area contributed by atoms with E-state index in [0.717, 1.165) is 27.8 Å². The molecule has 0 aliphatic heterocycles. The van der Waals surface area contributed by atoms with Crippen molar-refractivity contribution in [2.24, 2.45) is 0 Å². The Morgan fingerprint density at radius 2 is 1.38 bits per heavy atom. The van der Waals surface area contributed by atoms with E-state index in [1.54, 1.807) is 12.1 Å². The van der Waals surface area contributed by atoms with Crippen molar-refractivity contribution >= 4 is 11.8 Å². The predicted molar refractivity (Wildman–Crippen MR) is 105 cm³/mol. The molecule has 138 valence electrons. The maximum Gasteiger partial charge on any atom is 0.338 e. The third-order valence-electron chi connectivity index (χ3n) is 4.97. The van der Waals surface area contributed by atoms with Crippen LogP contribution in [0.1, 0.15) is 69.3 Å². The number of hydrogen-bond donors (Lipinski definition) is 0. The summed E-state index contributed by atoms with van der Waals surface area (Å²) in [5, 5.41) is 0. The summed E-state index contributed by atoms with van der Waals surface area (Å²) in [5.41, 5.74) is 6.33. The van der Waals surface area contributed by atoms with Crippen molar-refractivity contribution in [3.63, 3.8) is 0 Å². The monoisotopic (exact) mass is 352 g/mol. The van der Waals surface area contributed by atoms with Crippen LogP contribution in [0.4, 0.5) is 0 Å². The molecule has 3 nitrogen and oxygen atoms in total. The first-order valence-corrected chi connectivity index (χ1v) is 8.90. The fraction of sp³-hybridized carbons (Fsp3) is 0.391. The maximum absolute atomic E-state index is 12.6. The van der Waals surface area contributed by atoms with Crippen LogP contribution in [0.15, 0.2) is 30.3 Å². The molecule has 2 rings (SSSR count). The van der Waals surface area contributed by atoms with E-state index in [1.807, 2.05) is 39.8 Å². The Morgan fingerprint density at radius 3 is 1.85 bits per heavy atom. The summed E-state index contributed by atoms with van der Waals surface area (Å²) in [6.45, 7) is 14.0. The Morgan fingerprint density at radius 1 is 0.885 bits per heavy atom. The van der Waals surface area contributed by atoms with Crippen molar-refractivity contribution in [1.29, 1.82) is 0 Å². The molecule has 0 N–H and O–H groups in total. The maximum atomic E-state index is 12.6. The van der Waals surface area contributed by atoms with Crippen molar-refractivity contribution < 1.29 is 14.3 Å². The lowest BCUT2D eigenvalue weighted by atomic mass is 9.87. The van der Waals surface area contributed by atoms with Gasteiger partial charge in [-0.2, -0.15) is 0 Å². The molecular weight excluding hydrogens is 324 g/mol. The molecule has 0 aromatic heterocycles. The van der Waals surface area contributed by atoms with E-state index in [9.17, 15) is 9.59 Å². The van der Waals surface area contributed by atoms with Crippen molar-refractivity contribution in [2.45, 2.75) is 53.9 Å². The average Bonchev–Trinajstić information content (AvgIpc) is 2.57. The number of Topliss-reactive ketones (excluding diaryl/α,β-unsaturated/α-hetero) is 1. The average molecular weight is 352 g/mol. The van der Waals surface area contributed by atoms with Gasteiger partial charge in [-0.15, -0.1) is 0 Å². The molecule has 0 saturated carbocycles. The molecule has 3 heteroatoms. The zero-order valence-electron chi connectivity index (χ0n) is 16.8. The van der Waals surface area contributed by atoms with Crippen LogP contribution in [0.25, 0.3) is 0 Å². The fourth-order valence-corrected chi connectivity index (χ4v) is 3.03. The second kappa shape index (κ2) is 7.45. The zero-order chi connectivity index (χ0) is 19.6. The fourth-order valence-electron chi connectivity index (χ4n) is 3.03. The second-order valence-corrected chi connectivity index (χ2v) is 7.96. The van der Waals surface area contributed by atoms with Crippen LogP contribution < -0.4 is 0 Å². The minimum absolute atomic E-state index is 0.0243. The molecule has 0 fully saturated rings. The highest BCUT2D eigenvalue weighted by Gasteiger charge is 2.19. The van der Waals surface area contributed by atoms with Crippen LogP contribution in [0.2, 0.25) is 0 Å². The molecule has 2 aromatic carbocycles. The first-order chi connectivity index (χ1) is 12.0. The van der Waals surface area contributed by atoms with E-state index in [4.69, 9.17) is 4.74 Å². The van der Waals surface area contributed by atoms with Gasteiger partial charge in [0.2, 0.25) is 5.78 Å². The summed E-state index contributed by atoms with van der Waals surface area (Å²) in [6, 6.07) is 9.43. The summed E-state index contributed by atoms with van der Waals surface area (Å²) in [7, 11) is 0. The van der Waals surface area contributed by atoms with Crippen LogP contribution in [-0.4, -0.2) is 18.4 Å². The van der Waals surface area contributed by atoms with Crippen molar-refractivity contribution in [1.82, 2.24) is 0 Å². The number of ether oxygens (including phenoxy) is 1. The van der Waals surface area contributed by atoms with E-state index in [-0.39, 0.29) is 17.8 Å². The van der Waals surface area contributed by atoms with E-state index in [0.29, 0.717) is 11.1 Å². The predicted octanol–water partition coefficient (Wildman–Crippen LogP) is 5.26. The topological polar surface area (TPSA) is 43.4 Å². The van der Waals surface area contributed by atoms with Crippen molar-refractivity contribution in [2.75, 3.05) is 6.61 Å². The molecule has 0 heterocycles. The molecule has 0 atom stereocenters. The molecule has 0 saturated heterocycles. The third kappa shape index (κ3) is 4.21. The van der Waals surface area contributed by atoms with Gasteiger partial charge in [0.1, 0.15) is 0 Å². The van der Waals surface area contributed by atoms with Crippen molar-refractivity contribution in [3.05, 3.63) is 69.3 Å². The molecular formula is C23H28O3. The van der Waals surface area contributed by atoms with E-state index in [2.05, 4.69) is 26.8 Å². The number of aryl methyl sites for hydroxylation is 2. The lowest BCUT2D eigenvalue weighted by Crippen LogP contribution is -2.17. The summed E-state index contributed by atoms with van der Waals surface area (Å²) in [6.07, 6.45) is 0. The zero-order valence-corrected chi connectivity index (χ0v) is 16.8. The first kappa shape index (κ1) is 19.9. The number of benzene rings is 2. The standard InChI is InChI=1S/C23H28O3/c1-14-12-15(2)17(4)21(16(14)3)20(24)13-26-22(25)18-8-10-19(11-9-18)23(5,6)7/h8-12H,13H2,1-7H3. The highest BCUT2D eigenvalue weighted by Crippen LogP contribution is 2.23. The number of rotatable bonds is 4. The van der Waals surface area contributed by atoms with Gasteiger partial charge in [-0.25, -0.2) is 4.79 Å². The number of hydrogen-bond acceptors (Lipinski definition) is 3. The minimum atomic E-state index is -0.474. The lowest BCUT2D eigenvalue weighted by Gasteiger charge is -2.19. The van der Waals surface area contributed by atoms with Gasteiger partial charge in [-0.1, -0.05) is 39.0 Å². The normalized spacial score (nSPS) is 11.3. The highest BCUT2D eigenvalue weighted by atomic mass is 16.5. The summed E-state index contributed by atoms with van der Waals surface area (Å²) in [4.78, 5) is 24.9. The third-order valence-corrected chi connectivity index (χ3v) is 4.97. The van der Waals surface area contributed by atoms with Crippen LogP contribution in [-0.2, 0) is 10.2 Å². The second-order valence-electron chi connectivity index (χ2n) is 7.96. The van der Waals surface area contributed by atoms with E-state index in [1.165, 1.54) is 0 Å². The summed E-state index contributed by atoms with van der Waals surface area (Å²) < 4.78 is 5.27. The Kier molecular flexibility index (Phi) is 5.70. The number of esters is 1. The minimum Gasteiger partial charge on any atom is -0.454 e. The number of carbonyl (C=O) groups is 2. The van der Waals surface area contributed by atoms with Gasteiger partial charge >= 0.3 is 5.97 Å². The Balaban J connectivity index is 2.12. The van der Waals surface area contributed by atoms with Gasteiger partial charge < -0.3 is 4.74 Å². The van der Waals surface area contributed by atoms with Crippen molar-refractivity contribution in [3.8, 4) is 0 Å². The molecule has 0 radical (unpaired) electrons. The van der Waals surface area contributed by atoms with Gasteiger partial charge in [0.15, 0.2) is 6.61 Å². The van der Waals surface area contributed by atoms with Gasteiger partial charge in [0.05, 0.1) is 5.56 Å². The summed E-state index contributed by atoms with van der Waals surface area (Å²) in [5.74, 6) is -0.634. The molecule has 0 amide bonds. The molecule has 0 unspecified atom stereocenters. The van der Waals surface area contributed by atoms with Crippen LogP contribution >= 0.6 is 0 Å². The van der Waals surface area contributed by atoms with Crippen LogP contribution in [0, 0.1) is 27.7 Å². The highest BCUT2D eigenvalue weighted by molar-refractivity contribution is 6.02. The quantitative estimate of drug-likeness (QED) is 0.557. The van der Waals surface area contributed by atoms with E-state index >= 15 is 0 Å². The van der Waals surface area contributed by atoms with Crippen LogP contribution in [0.5, 0.6) is 0 Å². The number of carbonyl (C=O) groups excluding carboxylic acids is 2. The molecule has 0 aliphatic carbocycles. The SMILES string of the molecule is Cc1cc(C)c(C)c(C(=O)COC(=O)c2ccc(C(C)(C)C)cc2)c1C. The van der Waals surface area contributed by atoms with Gasteiger partial charge in [0.25, 0.3) is 0 Å². The largest absolute Gasteiger partial charge is 0.454 e. The Labute approximate surface area is 156 Å². The molecule has 0 spiro atoms. The Bertz CT molecular complexity index is 811. The first-order valence-electron chi connectivity index (χ1n) is 8.90.